The SMILES string of the molecule is COCCN(CC(=O)O)C(=O)c1cc(Cl)cc(Cl)c1I. The second-order valence-corrected chi connectivity index (χ2v) is 5.78. The van der Waals surface area contributed by atoms with Gasteiger partial charge in [-0.2, -0.15) is 0 Å². The van der Waals surface area contributed by atoms with Gasteiger partial charge in [-0.05, 0) is 34.7 Å². The van der Waals surface area contributed by atoms with Crippen molar-refractivity contribution >= 4 is 57.7 Å². The fraction of sp³-hybridized carbons (Fsp3) is 0.333. The van der Waals surface area contributed by atoms with Crippen molar-refractivity contribution in [2.24, 2.45) is 0 Å². The van der Waals surface area contributed by atoms with E-state index in [4.69, 9.17) is 33.0 Å². The van der Waals surface area contributed by atoms with E-state index >= 15 is 0 Å². The predicted molar refractivity (Wildman–Crippen MR) is 84.6 cm³/mol. The number of aliphatic carboxylic acids is 1. The molecule has 1 N–H and O–H groups in total. The number of carbonyl (C=O) groups is 2. The highest BCUT2D eigenvalue weighted by Gasteiger charge is 2.22. The van der Waals surface area contributed by atoms with Crippen LogP contribution in [0.2, 0.25) is 10.0 Å². The fourth-order valence-electron chi connectivity index (χ4n) is 1.50. The Kier molecular flexibility index (Phi) is 7.01. The zero-order chi connectivity index (χ0) is 15.3. The Morgan fingerprint density at radius 1 is 1.40 bits per heavy atom. The van der Waals surface area contributed by atoms with Crippen molar-refractivity contribution in [1.29, 1.82) is 0 Å². The number of ether oxygens (including phenoxy) is 1. The average Bonchev–Trinajstić information content (AvgIpc) is 2.37. The monoisotopic (exact) mass is 431 g/mol. The molecule has 0 aliphatic rings. The van der Waals surface area contributed by atoms with Gasteiger partial charge >= 0.3 is 5.97 Å². The van der Waals surface area contributed by atoms with Crippen molar-refractivity contribution in [2.75, 3.05) is 26.8 Å². The van der Waals surface area contributed by atoms with Crippen molar-refractivity contribution in [2.45, 2.75) is 0 Å². The highest BCUT2D eigenvalue weighted by Crippen LogP contribution is 2.27. The Hall–Kier alpha value is -0.570. The smallest absolute Gasteiger partial charge is 0.323 e. The number of benzene rings is 1. The maximum absolute atomic E-state index is 12.4. The van der Waals surface area contributed by atoms with Gasteiger partial charge in [-0.3, -0.25) is 9.59 Å². The first-order valence-electron chi connectivity index (χ1n) is 5.51. The quantitative estimate of drug-likeness (QED) is 0.555. The molecule has 0 aromatic heterocycles. The molecule has 0 saturated carbocycles. The van der Waals surface area contributed by atoms with Crippen LogP contribution in [0.3, 0.4) is 0 Å². The van der Waals surface area contributed by atoms with Gasteiger partial charge < -0.3 is 14.7 Å². The van der Waals surface area contributed by atoms with Gasteiger partial charge in [0, 0.05) is 22.2 Å². The third kappa shape index (κ3) is 4.76. The van der Waals surface area contributed by atoms with Crippen molar-refractivity contribution in [3.63, 3.8) is 0 Å². The molecule has 0 spiro atoms. The Morgan fingerprint density at radius 3 is 2.60 bits per heavy atom. The summed E-state index contributed by atoms with van der Waals surface area (Å²) in [7, 11) is 1.48. The highest BCUT2D eigenvalue weighted by atomic mass is 127. The molecule has 20 heavy (non-hydrogen) atoms. The molecule has 0 fully saturated rings. The van der Waals surface area contributed by atoms with Crippen LogP contribution in [0, 0.1) is 3.57 Å². The maximum atomic E-state index is 12.4. The molecule has 0 aliphatic carbocycles. The fourth-order valence-corrected chi connectivity index (χ4v) is 2.53. The van der Waals surface area contributed by atoms with Crippen LogP contribution >= 0.6 is 45.8 Å². The van der Waals surface area contributed by atoms with Crippen LogP contribution in [0.1, 0.15) is 10.4 Å². The Morgan fingerprint density at radius 2 is 2.05 bits per heavy atom. The summed E-state index contributed by atoms with van der Waals surface area (Å²) in [5, 5.41) is 9.54. The number of amides is 1. The van der Waals surface area contributed by atoms with Crippen molar-refractivity contribution in [1.82, 2.24) is 4.90 Å². The maximum Gasteiger partial charge on any atom is 0.323 e. The van der Waals surface area contributed by atoms with Crippen LogP contribution in [0.15, 0.2) is 12.1 Å². The lowest BCUT2D eigenvalue weighted by Crippen LogP contribution is -2.38. The average molecular weight is 432 g/mol. The minimum Gasteiger partial charge on any atom is -0.480 e. The molecule has 0 radical (unpaired) electrons. The Balaban J connectivity index is 3.07. The van der Waals surface area contributed by atoms with E-state index in [-0.39, 0.29) is 18.7 Å². The van der Waals surface area contributed by atoms with Crippen molar-refractivity contribution in [3.05, 3.63) is 31.3 Å². The molecule has 8 heteroatoms. The number of rotatable bonds is 6. The van der Waals surface area contributed by atoms with Gasteiger partial charge in [0.15, 0.2) is 0 Å². The second kappa shape index (κ2) is 8.02. The molecule has 0 atom stereocenters. The highest BCUT2D eigenvalue weighted by molar-refractivity contribution is 14.1. The summed E-state index contributed by atoms with van der Waals surface area (Å²) in [6.45, 7) is -0.00581. The number of carbonyl (C=O) groups excluding carboxylic acids is 1. The minimum absolute atomic E-state index is 0.168. The third-order valence-corrected chi connectivity index (χ3v) is 4.40. The van der Waals surface area contributed by atoms with E-state index < -0.39 is 18.4 Å². The summed E-state index contributed by atoms with van der Waals surface area (Å²) in [6.07, 6.45) is 0. The van der Waals surface area contributed by atoms with E-state index in [1.54, 1.807) is 0 Å². The van der Waals surface area contributed by atoms with Crippen LogP contribution in [0.25, 0.3) is 0 Å². The summed E-state index contributed by atoms with van der Waals surface area (Å²) < 4.78 is 5.41. The molecule has 110 valence electrons. The molecule has 1 aromatic rings. The Bertz CT molecular complexity index is 524. The molecule has 1 amide bonds. The molecule has 0 heterocycles. The second-order valence-electron chi connectivity index (χ2n) is 3.86. The molecule has 1 aromatic carbocycles. The summed E-state index contributed by atoms with van der Waals surface area (Å²) in [5.41, 5.74) is 0.278. The number of hydrogen-bond acceptors (Lipinski definition) is 3. The molecular weight excluding hydrogens is 420 g/mol. The van der Waals surface area contributed by atoms with Crippen LogP contribution < -0.4 is 0 Å². The van der Waals surface area contributed by atoms with E-state index in [1.165, 1.54) is 24.1 Å². The van der Waals surface area contributed by atoms with E-state index in [0.29, 0.717) is 13.6 Å². The first-order chi connectivity index (χ1) is 9.36. The lowest BCUT2D eigenvalue weighted by molar-refractivity contribution is -0.137. The van der Waals surface area contributed by atoms with Gasteiger partial charge in [0.1, 0.15) is 6.54 Å². The summed E-state index contributed by atoms with van der Waals surface area (Å²) in [5.74, 6) is -1.55. The molecule has 0 saturated heterocycles. The van der Waals surface area contributed by atoms with Crippen LogP contribution in [-0.4, -0.2) is 48.7 Å². The summed E-state index contributed by atoms with van der Waals surface area (Å²) in [6, 6.07) is 3.00. The number of carboxylic acids is 1. The lowest BCUT2D eigenvalue weighted by Gasteiger charge is -2.21. The number of halogens is 3. The molecular formula is C12H12Cl2INO4. The van der Waals surface area contributed by atoms with E-state index in [1.807, 2.05) is 22.6 Å². The normalized spacial score (nSPS) is 10.4. The van der Waals surface area contributed by atoms with E-state index in [2.05, 4.69) is 0 Å². The molecule has 1 rings (SSSR count). The topological polar surface area (TPSA) is 66.8 Å². The number of carboxylic acid groups (broad SMARTS) is 1. The van der Waals surface area contributed by atoms with Crippen LogP contribution in [-0.2, 0) is 9.53 Å². The zero-order valence-corrected chi connectivity index (χ0v) is 14.2. The van der Waals surface area contributed by atoms with Crippen molar-refractivity contribution < 1.29 is 19.4 Å². The summed E-state index contributed by atoms with van der Waals surface area (Å²) >= 11 is 13.8. The van der Waals surface area contributed by atoms with Crippen molar-refractivity contribution in [3.8, 4) is 0 Å². The Labute approximate surface area is 139 Å². The van der Waals surface area contributed by atoms with Gasteiger partial charge in [-0.15, -0.1) is 0 Å². The zero-order valence-electron chi connectivity index (χ0n) is 10.5. The van der Waals surface area contributed by atoms with Gasteiger partial charge in [-0.1, -0.05) is 23.2 Å². The van der Waals surface area contributed by atoms with E-state index in [9.17, 15) is 9.59 Å². The first-order valence-corrected chi connectivity index (χ1v) is 7.34. The lowest BCUT2D eigenvalue weighted by atomic mass is 10.2. The number of nitrogens with zero attached hydrogens (tertiary/aromatic N) is 1. The standard InChI is InChI=1S/C12H12Cl2INO4/c1-20-3-2-16(6-10(17)18)12(19)8-4-7(13)5-9(14)11(8)15/h4-5H,2-3,6H2,1H3,(H,17,18). The van der Waals surface area contributed by atoms with Gasteiger partial charge in [-0.25, -0.2) is 0 Å². The third-order valence-electron chi connectivity index (χ3n) is 2.40. The summed E-state index contributed by atoms with van der Waals surface area (Å²) in [4.78, 5) is 24.4. The molecule has 0 aliphatic heterocycles. The van der Waals surface area contributed by atoms with Gasteiger partial charge in [0.05, 0.1) is 17.2 Å². The number of hydrogen-bond donors (Lipinski definition) is 1. The van der Waals surface area contributed by atoms with Crippen LogP contribution in [0.5, 0.6) is 0 Å². The van der Waals surface area contributed by atoms with E-state index in [0.717, 1.165) is 0 Å². The first kappa shape index (κ1) is 17.5. The molecule has 0 unspecified atom stereocenters. The van der Waals surface area contributed by atoms with Crippen LogP contribution in [0.4, 0.5) is 0 Å². The predicted octanol–water partition coefficient (Wildman–Crippen LogP) is 2.77. The van der Waals surface area contributed by atoms with Gasteiger partial charge in [0.2, 0.25) is 0 Å². The molecule has 5 nitrogen and oxygen atoms in total. The minimum atomic E-state index is -1.10. The number of methoxy groups -OCH3 is 1. The molecule has 0 bridgehead atoms. The van der Waals surface area contributed by atoms with Gasteiger partial charge in [0.25, 0.3) is 5.91 Å². The largest absolute Gasteiger partial charge is 0.480 e.